The predicted octanol–water partition coefficient (Wildman–Crippen LogP) is -0.602. The van der Waals surface area contributed by atoms with Crippen molar-refractivity contribution in [2.75, 3.05) is 36.6 Å². The quantitative estimate of drug-likeness (QED) is 0.186. The van der Waals surface area contributed by atoms with Crippen molar-refractivity contribution in [1.82, 2.24) is 10.6 Å². The molecule has 2 atom stereocenters. The molecule has 13 heteroatoms. The number of methoxy groups -OCH3 is 1. The molecule has 2 aromatic rings. The number of carbonyl (C=O) groups excluding carboxylic acids is 7. The molecule has 1 aliphatic heterocycles. The largest absolute Gasteiger partial charge is 0.496 e. The lowest BCUT2D eigenvalue weighted by atomic mass is 10.1. The predicted molar refractivity (Wildman–Crippen MR) is 141 cm³/mol. The van der Waals surface area contributed by atoms with Gasteiger partial charge in [0.25, 0.3) is 23.5 Å². The molecule has 3 rings (SSSR count). The maximum absolute atomic E-state index is 13.7. The molecule has 3 N–H and O–H groups in total. The van der Waals surface area contributed by atoms with Crippen LogP contribution in [0.1, 0.15) is 23.7 Å². The second-order valence-corrected chi connectivity index (χ2v) is 8.85. The Morgan fingerprint density at radius 1 is 1.07 bits per heavy atom. The first-order valence-corrected chi connectivity index (χ1v) is 12.1. The number of amides is 4. The molecule has 40 heavy (non-hydrogen) atoms. The number of hydrogen-bond donors (Lipinski definition) is 3. The Morgan fingerprint density at radius 3 is 2.35 bits per heavy atom. The van der Waals surface area contributed by atoms with Crippen LogP contribution < -0.4 is 25.2 Å². The Hall–Kier alpha value is -4.91. The van der Waals surface area contributed by atoms with Crippen LogP contribution in [0.5, 0.6) is 5.75 Å². The summed E-state index contributed by atoms with van der Waals surface area (Å²) in [6.45, 7) is -0.773. The van der Waals surface area contributed by atoms with E-state index in [2.05, 4.69) is 10.6 Å². The van der Waals surface area contributed by atoms with E-state index in [1.54, 1.807) is 18.2 Å². The molecule has 0 radical (unpaired) electrons. The number of benzene rings is 2. The first-order chi connectivity index (χ1) is 19.1. The molecule has 1 heterocycles. The highest BCUT2D eigenvalue weighted by molar-refractivity contribution is 6.43. The van der Waals surface area contributed by atoms with Crippen LogP contribution in [-0.2, 0) is 28.8 Å². The van der Waals surface area contributed by atoms with Gasteiger partial charge in [0.1, 0.15) is 37.0 Å². The summed E-state index contributed by atoms with van der Waals surface area (Å²) in [6, 6.07) is 9.40. The molecule has 0 spiro atoms. The third-order valence-electron chi connectivity index (χ3n) is 6.01. The summed E-state index contributed by atoms with van der Waals surface area (Å²) < 4.78 is 5.13. The van der Waals surface area contributed by atoms with E-state index in [1.807, 2.05) is 0 Å². The van der Waals surface area contributed by atoms with Gasteiger partial charge in [-0.2, -0.15) is 0 Å². The highest BCUT2D eigenvalue weighted by Crippen LogP contribution is 2.33. The highest BCUT2D eigenvalue weighted by atomic mass is 16.5. The van der Waals surface area contributed by atoms with Gasteiger partial charge in [-0.25, -0.2) is 0 Å². The Morgan fingerprint density at radius 2 is 1.73 bits per heavy atom. The van der Waals surface area contributed by atoms with E-state index >= 15 is 0 Å². The van der Waals surface area contributed by atoms with Crippen LogP contribution in [0.4, 0.5) is 11.4 Å². The van der Waals surface area contributed by atoms with E-state index in [1.165, 1.54) is 44.4 Å². The number of fused-ring (bicyclic) bond motifs is 1. The fourth-order valence-corrected chi connectivity index (χ4v) is 4.20. The third-order valence-corrected chi connectivity index (χ3v) is 6.01. The fourth-order valence-electron chi connectivity index (χ4n) is 4.20. The minimum absolute atomic E-state index is 0.0586. The van der Waals surface area contributed by atoms with E-state index < -0.39 is 61.2 Å². The van der Waals surface area contributed by atoms with Crippen molar-refractivity contribution in [2.24, 2.45) is 0 Å². The standard InChI is InChI=1S/C27H28N4O9/c1-16(34)11-17(14-32)28-23(35)13-31-21-9-5-4-8-20(21)30(24(36)15-33)12-19(27(31)39)29-26(38)25(37)18-7-3-6-10-22(18)40-2/h3-10,14,17,19,33H,11-13,15H2,1-2H3,(H,28,35)(H,29,38)/t17-,19-/m0/s1. The number of aldehydes is 1. The smallest absolute Gasteiger partial charge is 0.293 e. The van der Waals surface area contributed by atoms with Gasteiger partial charge in [-0.05, 0) is 31.2 Å². The minimum Gasteiger partial charge on any atom is -0.496 e. The molecule has 0 unspecified atom stereocenters. The number of hydrogen-bond acceptors (Lipinski definition) is 9. The second-order valence-electron chi connectivity index (χ2n) is 8.85. The normalized spacial score (nSPS) is 15.3. The lowest BCUT2D eigenvalue weighted by Crippen LogP contribution is -2.56. The topological polar surface area (TPSA) is 179 Å². The van der Waals surface area contributed by atoms with Gasteiger partial charge in [-0.1, -0.05) is 24.3 Å². The van der Waals surface area contributed by atoms with Crippen LogP contribution in [0.3, 0.4) is 0 Å². The summed E-state index contributed by atoms with van der Waals surface area (Å²) in [4.78, 5) is 89.9. The van der Waals surface area contributed by atoms with Crippen molar-refractivity contribution in [2.45, 2.75) is 25.4 Å². The van der Waals surface area contributed by atoms with Crippen LogP contribution in [0.2, 0.25) is 0 Å². The zero-order valence-corrected chi connectivity index (χ0v) is 21.8. The van der Waals surface area contributed by atoms with E-state index in [0.29, 0.717) is 6.29 Å². The van der Waals surface area contributed by atoms with Crippen molar-refractivity contribution in [3.8, 4) is 5.75 Å². The average Bonchev–Trinajstić information content (AvgIpc) is 3.06. The molecular formula is C27H28N4O9. The van der Waals surface area contributed by atoms with Crippen LogP contribution in [0, 0.1) is 0 Å². The molecule has 0 saturated carbocycles. The number of aliphatic hydroxyl groups excluding tert-OH is 1. The average molecular weight is 553 g/mol. The molecule has 0 bridgehead atoms. The van der Waals surface area contributed by atoms with Crippen molar-refractivity contribution >= 4 is 52.9 Å². The Bertz CT molecular complexity index is 1340. The SMILES string of the molecule is COc1ccccc1C(=O)C(=O)N[C@H]1CN(C(=O)CO)c2ccccc2N(CC(=O)N[C@H](C=O)CC(C)=O)C1=O. The number of ketones is 2. The maximum atomic E-state index is 13.7. The number of para-hydroxylation sites is 3. The van der Waals surface area contributed by atoms with Gasteiger partial charge in [-0.3, -0.25) is 33.7 Å². The molecule has 210 valence electrons. The van der Waals surface area contributed by atoms with Gasteiger partial charge in [0, 0.05) is 6.42 Å². The van der Waals surface area contributed by atoms with Gasteiger partial charge in [0.05, 0.1) is 36.6 Å². The molecule has 0 fully saturated rings. The number of Topliss-reactive ketones (excluding diaryl/α,β-unsaturated/α-hetero) is 2. The monoisotopic (exact) mass is 552 g/mol. The van der Waals surface area contributed by atoms with Crippen molar-refractivity contribution in [3.05, 3.63) is 54.1 Å². The molecule has 0 aromatic heterocycles. The number of aliphatic hydroxyl groups is 1. The van der Waals surface area contributed by atoms with Crippen molar-refractivity contribution in [3.63, 3.8) is 0 Å². The second kappa shape index (κ2) is 13.2. The summed E-state index contributed by atoms with van der Waals surface area (Å²) in [6.07, 6.45) is 0.147. The fraction of sp³-hybridized carbons (Fsp3) is 0.296. The molecule has 0 saturated heterocycles. The first-order valence-electron chi connectivity index (χ1n) is 12.1. The summed E-state index contributed by atoms with van der Waals surface area (Å²) in [5, 5.41) is 14.3. The maximum Gasteiger partial charge on any atom is 0.293 e. The van der Waals surface area contributed by atoms with Crippen molar-refractivity contribution in [1.29, 1.82) is 0 Å². The Kier molecular flexibility index (Phi) is 9.81. The number of carbonyl (C=O) groups is 7. The number of nitrogens with one attached hydrogen (secondary N) is 2. The lowest BCUT2D eigenvalue weighted by molar-refractivity contribution is -0.128. The molecule has 0 aliphatic carbocycles. The Labute approximate surface area is 229 Å². The van der Waals surface area contributed by atoms with E-state index in [9.17, 15) is 38.7 Å². The lowest BCUT2D eigenvalue weighted by Gasteiger charge is -2.25. The molecule has 13 nitrogen and oxygen atoms in total. The zero-order valence-electron chi connectivity index (χ0n) is 21.8. The molecule has 2 aromatic carbocycles. The molecular weight excluding hydrogens is 524 g/mol. The van der Waals surface area contributed by atoms with Gasteiger partial charge in [0.15, 0.2) is 0 Å². The van der Waals surface area contributed by atoms with Gasteiger partial charge in [-0.15, -0.1) is 0 Å². The van der Waals surface area contributed by atoms with Crippen LogP contribution in [0.15, 0.2) is 48.5 Å². The van der Waals surface area contributed by atoms with E-state index in [4.69, 9.17) is 4.74 Å². The van der Waals surface area contributed by atoms with E-state index in [-0.39, 0.29) is 34.9 Å². The van der Waals surface area contributed by atoms with Crippen LogP contribution in [0.25, 0.3) is 0 Å². The van der Waals surface area contributed by atoms with Gasteiger partial charge < -0.3 is 30.2 Å². The molecule has 1 aliphatic rings. The number of ether oxygens (including phenoxy) is 1. The summed E-state index contributed by atoms with van der Waals surface area (Å²) in [5.41, 5.74) is 0.203. The highest BCUT2D eigenvalue weighted by Gasteiger charge is 2.38. The first kappa shape index (κ1) is 29.6. The van der Waals surface area contributed by atoms with Crippen LogP contribution >= 0.6 is 0 Å². The number of nitrogens with zero attached hydrogens (tertiary/aromatic N) is 2. The van der Waals surface area contributed by atoms with E-state index in [0.717, 1.165) is 9.80 Å². The Balaban J connectivity index is 1.96. The minimum atomic E-state index is -1.51. The number of anilines is 2. The third kappa shape index (κ3) is 6.74. The van der Waals surface area contributed by atoms with Gasteiger partial charge in [0.2, 0.25) is 5.91 Å². The zero-order chi connectivity index (χ0) is 29.4. The summed E-state index contributed by atoms with van der Waals surface area (Å²) in [7, 11) is 1.32. The van der Waals surface area contributed by atoms with Crippen molar-refractivity contribution < 1.29 is 43.4 Å². The summed E-state index contributed by atoms with van der Waals surface area (Å²) >= 11 is 0. The van der Waals surface area contributed by atoms with Gasteiger partial charge >= 0.3 is 0 Å². The number of rotatable bonds is 11. The summed E-state index contributed by atoms with van der Waals surface area (Å²) in [5.74, 6) is -4.82. The van der Waals surface area contributed by atoms with Crippen LogP contribution in [-0.4, -0.2) is 85.5 Å². The molecule has 4 amide bonds.